The van der Waals surface area contributed by atoms with Crippen LogP contribution in [-0.2, 0) is 6.54 Å². The summed E-state index contributed by atoms with van der Waals surface area (Å²) in [5.74, 6) is 0.735. The average Bonchev–Trinajstić information content (AvgIpc) is 2.41. The van der Waals surface area contributed by atoms with Crippen LogP contribution in [0.5, 0.6) is 0 Å². The second kappa shape index (κ2) is 7.96. The fourth-order valence-corrected chi connectivity index (χ4v) is 3.85. The number of nitrogens with zero attached hydrogens (tertiary/aromatic N) is 1. The van der Waals surface area contributed by atoms with E-state index >= 15 is 0 Å². The van der Waals surface area contributed by atoms with Crippen molar-refractivity contribution >= 4 is 27.5 Å². The minimum atomic E-state index is 0.599. The highest BCUT2D eigenvalue weighted by Gasteiger charge is 2.27. The van der Waals surface area contributed by atoms with Crippen molar-refractivity contribution in [3.05, 3.63) is 33.3 Å². The van der Waals surface area contributed by atoms with Crippen molar-refractivity contribution in [2.24, 2.45) is 5.92 Å². The third-order valence-corrected chi connectivity index (χ3v) is 5.07. The Morgan fingerprint density at radius 2 is 2.19 bits per heavy atom. The van der Waals surface area contributed by atoms with E-state index in [9.17, 15) is 0 Å². The normalized spacial score (nSPS) is 23.7. The number of benzene rings is 1. The minimum absolute atomic E-state index is 0.599. The number of piperazine rings is 1. The zero-order valence-corrected chi connectivity index (χ0v) is 15.5. The van der Waals surface area contributed by atoms with Crippen molar-refractivity contribution in [1.29, 1.82) is 0 Å². The smallest absolute Gasteiger partial charge is 0.0462 e. The van der Waals surface area contributed by atoms with Crippen molar-refractivity contribution in [3.8, 4) is 0 Å². The van der Waals surface area contributed by atoms with Crippen LogP contribution in [0.2, 0.25) is 5.02 Å². The number of rotatable bonds is 5. The van der Waals surface area contributed by atoms with Gasteiger partial charge in [0.15, 0.2) is 0 Å². The largest absolute Gasteiger partial charge is 0.311 e. The molecule has 0 saturated carbocycles. The number of hydrogen-bond acceptors (Lipinski definition) is 2. The molecule has 1 aliphatic rings. The van der Waals surface area contributed by atoms with Gasteiger partial charge in [-0.1, -0.05) is 54.4 Å². The van der Waals surface area contributed by atoms with Crippen LogP contribution in [0, 0.1) is 5.92 Å². The predicted octanol–water partition coefficient (Wildman–Crippen LogP) is 4.70. The van der Waals surface area contributed by atoms with E-state index in [1.807, 2.05) is 6.07 Å². The van der Waals surface area contributed by atoms with Crippen molar-refractivity contribution in [2.75, 3.05) is 13.1 Å². The van der Waals surface area contributed by atoms with Crippen molar-refractivity contribution in [3.63, 3.8) is 0 Å². The summed E-state index contributed by atoms with van der Waals surface area (Å²) >= 11 is 9.86. The van der Waals surface area contributed by atoms with Crippen molar-refractivity contribution in [2.45, 2.75) is 52.2 Å². The van der Waals surface area contributed by atoms with Crippen LogP contribution in [0.15, 0.2) is 22.7 Å². The molecule has 1 aromatic carbocycles. The molecule has 1 aromatic rings. The van der Waals surface area contributed by atoms with E-state index < -0.39 is 0 Å². The molecule has 2 nitrogen and oxygen atoms in total. The number of nitrogens with one attached hydrogen (secondary N) is 1. The summed E-state index contributed by atoms with van der Waals surface area (Å²) in [4.78, 5) is 2.60. The molecule has 1 saturated heterocycles. The Balaban J connectivity index is 2.06. The molecular weight excluding hydrogens is 348 g/mol. The standard InChI is InChI=1S/C17H26BrClN2/c1-4-16-9-20-15(7-12(2)3)11-21(16)10-13-5-6-14(18)8-17(13)19/h5-6,8,12,15-16,20H,4,7,9-11H2,1-3H3. The summed E-state index contributed by atoms with van der Waals surface area (Å²) in [6.45, 7) is 10.0. The molecule has 2 rings (SSSR count). The van der Waals surface area contributed by atoms with Crippen LogP contribution in [-0.4, -0.2) is 30.1 Å². The van der Waals surface area contributed by atoms with Gasteiger partial charge in [0.05, 0.1) is 0 Å². The summed E-state index contributed by atoms with van der Waals surface area (Å²) in [7, 11) is 0. The van der Waals surface area contributed by atoms with Crippen molar-refractivity contribution < 1.29 is 0 Å². The maximum absolute atomic E-state index is 6.39. The Morgan fingerprint density at radius 3 is 2.81 bits per heavy atom. The fraction of sp³-hybridized carbons (Fsp3) is 0.647. The van der Waals surface area contributed by atoms with Crippen LogP contribution in [0.25, 0.3) is 0 Å². The van der Waals surface area contributed by atoms with Gasteiger partial charge >= 0.3 is 0 Å². The monoisotopic (exact) mass is 372 g/mol. The number of halogens is 2. The molecule has 0 spiro atoms. The van der Waals surface area contributed by atoms with E-state index in [0.29, 0.717) is 12.1 Å². The summed E-state index contributed by atoms with van der Waals surface area (Å²) in [5.41, 5.74) is 1.23. The molecule has 2 atom stereocenters. The molecule has 0 bridgehead atoms. The highest BCUT2D eigenvalue weighted by Crippen LogP contribution is 2.25. The van der Waals surface area contributed by atoms with Gasteiger partial charge < -0.3 is 5.32 Å². The molecule has 1 heterocycles. The molecule has 1 fully saturated rings. The van der Waals surface area contributed by atoms with E-state index in [0.717, 1.165) is 35.0 Å². The van der Waals surface area contributed by atoms with Crippen LogP contribution in [0.3, 0.4) is 0 Å². The van der Waals surface area contributed by atoms with Crippen LogP contribution in [0.1, 0.15) is 39.2 Å². The first-order chi connectivity index (χ1) is 9.99. The first kappa shape index (κ1) is 17.3. The molecule has 1 N–H and O–H groups in total. The van der Waals surface area contributed by atoms with Gasteiger partial charge in [0.1, 0.15) is 0 Å². The Hall–Kier alpha value is -0.0900. The zero-order valence-electron chi connectivity index (χ0n) is 13.2. The quantitative estimate of drug-likeness (QED) is 0.804. The summed E-state index contributed by atoms with van der Waals surface area (Å²) < 4.78 is 1.04. The average molecular weight is 374 g/mol. The van der Waals surface area contributed by atoms with Gasteiger partial charge in [0.2, 0.25) is 0 Å². The van der Waals surface area contributed by atoms with Crippen LogP contribution in [0.4, 0.5) is 0 Å². The van der Waals surface area contributed by atoms with E-state index in [4.69, 9.17) is 11.6 Å². The fourth-order valence-electron chi connectivity index (χ4n) is 3.12. The predicted molar refractivity (Wildman–Crippen MR) is 94.9 cm³/mol. The second-order valence-electron chi connectivity index (χ2n) is 6.46. The SMILES string of the molecule is CCC1CNC(CC(C)C)CN1Cc1ccc(Br)cc1Cl. The maximum Gasteiger partial charge on any atom is 0.0462 e. The summed E-state index contributed by atoms with van der Waals surface area (Å²) in [5, 5.41) is 4.57. The Bertz CT molecular complexity index is 464. The minimum Gasteiger partial charge on any atom is -0.311 e. The number of hydrogen-bond donors (Lipinski definition) is 1. The molecule has 2 unspecified atom stereocenters. The molecule has 0 amide bonds. The van der Waals surface area contributed by atoms with E-state index in [1.54, 1.807) is 0 Å². The van der Waals surface area contributed by atoms with E-state index in [1.165, 1.54) is 18.4 Å². The van der Waals surface area contributed by atoms with Crippen LogP contribution < -0.4 is 5.32 Å². The lowest BCUT2D eigenvalue weighted by Gasteiger charge is -2.41. The van der Waals surface area contributed by atoms with Gasteiger partial charge in [-0.3, -0.25) is 4.90 Å². The third kappa shape index (κ3) is 4.95. The molecule has 1 aliphatic heterocycles. The third-order valence-electron chi connectivity index (χ3n) is 4.23. The lowest BCUT2D eigenvalue weighted by Crippen LogP contribution is -2.56. The van der Waals surface area contributed by atoms with Gasteiger partial charge in [0, 0.05) is 41.2 Å². The molecule has 0 radical (unpaired) electrons. The van der Waals surface area contributed by atoms with Gasteiger partial charge in [0.25, 0.3) is 0 Å². The molecular formula is C17H26BrClN2. The highest BCUT2D eigenvalue weighted by atomic mass is 79.9. The topological polar surface area (TPSA) is 15.3 Å². The molecule has 0 aliphatic carbocycles. The molecule has 4 heteroatoms. The molecule has 0 aromatic heterocycles. The van der Waals surface area contributed by atoms with Gasteiger partial charge in [-0.05, 0) is 36.5 Å². The van der Waals surface area contributed by atoms with Crippen LogP contribution >= 0.6 is 27.5 Å². The highest BCUT2D eigenvalue weighted by molar-refractivity contribution is 9.10. The van der Waals surface area contributed by atoms with E-state index in [2.05, 4.69) is 59.1 Å². The lowest BCUT2D eigenvalue weighted by molar-refractivity contribution is 0.111. The second-order valence-corrected chi connectivity index (χ2v) is 7.78. The van der Waals surface area contributed by atoms with Gasteiger partial charge in [-0.25, -0.2) is 0 Å². The summed E-state index contributed by atoms with van der Waals surface area (Å²) in [6.07, 6.45) is 2.41. The maximum atomic E-state index is 6.39. The van der Waals surface area contributed by atoms with Gasteiger partial charge in [-0.2, -0.15) is 0 Å². The molecule has 21 heavy (non-hydrogen) atoms. The Labute approximate surface area is 142 Å². The van der Waals surface area contributed by atoms with Gasteiger partial charge in [-0.15, -0.1) is 0 Å². The molecule has 118 valence electrons. The lowest BCUT2D eigenvalue weighted by atomic mass is 9.98. The first-order valence-electron chi connectivity index (χ1n) is 7.91. The van der Waals surface area contributed by atoms with E-state index in [-0.39, 0.29) is 0 Å². The summed E-state index contributed by atoms with van der Waals surface area (Å²) in [6, 6.07) is 7.41. The Morgan fingerprint density at radius 1 is 1.43 bits per heavy atom. The Kier molecular flexibility index (Phi) is 6.54. The first-order valence-corrected chi connectivity index (χ1v) is 9.08. The van der Waals surface area contributed by atoms with Crippen molar-refractivity contribution in [1.82, 2.24) is 10.2 Å². The zero-order chi connectivity index (χ0) is 15.4.